The van der Waals surface area contributed by atoms with Gasteiger partial charge >= 0.3 is 0 Å². The minimum Gasteiger partial charge on any atom is -0.366 e. The molecule has 1 aliphatic heterocycles. The van der Waals surface area contributed by atoms with Crippen LogP contribution in [0, 0.1) is 0 Å². The van der Waals surface area contributed by atoms with E-state index in [2.05, 4.69) is 12.2 Å². The molecule has 0 aromatic heterocycles. The number of carbonyl (C=O) groups excluding carboxylic acids is 1. The van der Waals surface area contributed by atoms with E-state index in [1.165, 1.54) is 0 Å². The van der Waals surface area contributed by atoms with Crippen LogP contribution in [0.2, 0.25) is 0 Å². The third-order valence-electron chi connectivity index (χ3n) is 2.38. The molecule has 1 aliphatic rings. The van der Waals surface area contributed by atoms with E-state index in [9.17, 15) is 4.79 Å². The second kappa shape index (κ2) is 6.11. The minimum absolute atomic E-state index is 0.176. The first-order valence-electron chi connectivity index (χ1n) is 5.18. The molecule has 2 atom stereocenters. The number of hydrogen-bond acceptors (Lipinski definition) is 3. The molecule has 1 fully saturated rings. The molecule has 0 bridgehead atoms. The molecule has 3 heteroatoms. The summed E-state index contributed by atoms with van der Waals surface area (Å²) in [7, 11) is 0. The summed E-state index contributed by atoms with van der Waals surface area (Å²) in [6.45, 7) is 4.04. The topological polar surface area (TPSA) is 38.3 Å². The highest BCUT2D eigenvalue weighted by Crippen LogP contribution is 2.10. The molecule has 0 saturated carbocycles. The lowest BCUT2D eigenvalue weighted by atomic mass is 10.2. The first kappa shape index (κ1) is 10.7. The quantitative estimate of drug-likeness (QED) is 0.630. The molecule has 1 rings (SSSR count). The number of hydrogen-bond donors (Lipinski definition) is 1. The van der Waals surface area contributed by atoms with Crippen LogP contribution in [0.3, 0.4) is 0 Å². The maximum atomic E-state index is 10.7. The average molecular weight is 185 g/mol. The maximum absolute atomic E-state index is 10.7. The number of carbonyl (C=O) groups is 1. The standard InChI is InChI=1S/C10H19NO2/c1-2-3-4-10(8-12)13-9-5-6-11-7-9/h8-11H,2-7H2,1H3. The fraction of sp³-hybridized carbons (Fsp3) is 0.900. The van der Waals surface area contributed by atoms with Gasteiger partial charge in [0.15, 0.2) is 0 Å². The van der Waals surface area contributed by atoms with Crippen molar-refractivity contribution in [1.82, 2.24) is 5.32 Å². The molecule has 0 aliphatic carbocycles. The highest BCUT2D eigenvalue weighted by molar-refractivity contribution is 5.55. The predicted octanol–water partition coefficient (Wildman–Crippen LogP) is 1.12. The molecule has 0 aromatic carbocycles. The van der Waals surface area contributed by atoms with Crippen LogP contribution in [0.15, 0.2) is 0 Å². The van der Waals surface area contributed by atoms with E-state index >= 15 is 0 Å². The van der Waals surface area contributed by atoms with Crippen molar-refractivity contribution in [2.24, 2.45) is 0 Å². The molecule has 0 spiro atoms. The summed E-state index contributed by atoms with van der Waals surface area (Å²) < 4.78 is 5.63. The Bertz CT molecular complexity index is 144. The Morgan fingerprint density at radius 1 is 1.69 bits per heavy atom. The van der Waals surface area contributed by atoms with Crippen molar-refractivity contribution in [3.8, 4) is 0 Å². The van der Waals surface area contributed by atoms with E-state index in [1.54, 1.807) is 0 Å². The van der Waals surface area contributed by atoms with Crippen LogP contribution in [-0.2, 0) is 9.53 Å². The highest BCUT2D eigenvalue weighted by Gasteiger charge is 2.19. The van der Waals surface area contributed by atoms with E-state index in [4.69, 9.17) is 4.74 Å². The Morgan fingerprint density at radius 2 is 2.54 bits per heavy atom. The molecular formula is C10H19NO2. The molecule has 2 unspecified atom stereocenters. The van der Waals surface area contributed by atoms with Gasteiger partial charge in [-0.1, -0.05) is 19.8 Å². The summed E-state index contributed by atoms with van der Waals surface area (Å²) in [6.07, 6.45) is 5.12. The normalized spacial score (nSPS) is 24.5. The van der Waals surface area contributed by atoms with Gasteiger partial charge in [0, 0.05) is 6.54 Å². The van der Waals surface area contributed by atoms with Gasteiger partial charge in [0.2, 0.25) is 0 Å². The summed E-state index contributed by atoms with van der Waals surface area (Å²) in [6, 6.07) is 0. The van der Waals surface area contributed by atoms with Crippen molar-refractivity contribution in [2.45, 2.75) is 44.8 Å². The zero-order chi connectivity index (χ0) is 9.52. The summed E-state index contributed by atoms with van der Waals surface area (Å²) in [5.41, 5.74) is 0. The first-order valence-corrected chi connectivity index (χ1v) is 5.18. The van der Waals surface area contributed by atoms with Crippen LogP contribution in [0.4, 0.5) is 0 Å². The molecule has 1 saturated heterocycles. The van der Waals surface area contributed by atoms with E-state index in [0.29, 0.717) is 0 Å². The monoisotopic (exact) mass is 185 g/mol. The molecule has 76 valence electrons. The van der Waals surface area contributed by atoms with Crippen LogP contribution < -0.4 is 5.32 Å². The fourth-order valence-electron chi connectivity index (χ4n) is 1.56. The second-order valence-corrected chi connectivity index (χ2v) is 3.57. The Hall–Kier alpha value is -0.410. The van der Waals surface area contributed by atoms with Gasteiger partial charge in [0.1, 0.15) is 12.4 Å². The first-order chi connectivity index (χ1) is 6.36. The SMILES string of the molecule is CCCCC(C=O)OC1CCNC1. The van der Waals surface area contributed by atoms with Gasteiger partial charge in [-0.2, -0.15) is 0 Å². The Morgan fingerprint density at radius 3 is 3.08 bits per heavy atom. The molecule has 1 heterocycles. The predicted molar refractivity (Wildman–Crippen MR) is 51.7 cm³/mol. The van der Waals surface area contributed by atoms with Crippen LogP contribution in [0.1, 0.15) is 32.6 Å². The third kappa shape index (κ3) is 3.87. The van der Waals surface area contributed by atoms with E-state index in [0.717, 1.165) is 45.1 Å². The lowest BCUT2D eigenvalue weighted by Gasteiger charge is -2.16. The van der Waals surface area contributed by atoms with Crippen molar-refractivity contribution in [3.63, 3.8) is 0 Å². The number of ether oxygens (including phenoxy) is 1. The van der Waals surface area contributed by atoms with Gasteiger partial charge in [-0.25, -0.2) is 0 Å². The minimum atomic E-state index is -0.176. The smallest absolute Gasteiger partial charge is 0.148 e. The number of nitrogens with one attached hydrogen (secondary N) is 1. The Kier molecular flexibility index (Phi) is 5.01. The largest absolute Gasteiger partial charge is 0.366 e. The van der Waals surface area contributed by atoms with Gasteiger partial charge in [-0.05, 0) is 19.4 Å². The van der Waals surface area contributed by atoms with Crippen molar-refractivity contribution >= 4 is 6.29 Å². The third-order valence-corrected chi connectivity index (χ3v) is 2.38. The molecule has 0 aromatic rings. The Balaban J connectivity index is 2.17. The maximum Gasteiger partial charge on any atom is 0.148 e. The Labute approximate surface area is 79.8 Å². The van der Waals surface area contributed by atoms with Crippen LogP contribution in [0.25, 0.3) is 0 Å². The van der Waals surface area contributed by atoms with Gasteiger partial charge in [-0.15, -0.1) is 0 Å². The van der Waals surface area contributed by atoms with Crippen LogP contribution >= 0.6 is 0 Å². The summed E-state index contributed by atoms with van der Waals surface area (Å²) >= 11 is 0. The van der Waals surface area contributed by atoms with Gasteiger partial charge < -0.3 is 14.8 Å². The zero-order valence-corrected chi connectivity index (χ0v) is 8.29. The molecule has 0 amide bonds. The summed E-state index contributed by atoms with van der Waals surface area (Å²) in [4.78, 5) is 10.7. The number of aldehydes is 1. The van der Waals surface area contributed by atoms with Crippen LogP contribution in [0.5, 0.6) is 0 Å². The lowest BCUT2D eigenvalue weighted by molar-refractivity contribution is -0.121. The second-order valence-electron chi connectivity index (χ2n) is 3.57. The molecular weight excluding hydrogens is 166 g/mol. The van der Waals surface area contributed by atoms with Gasteiger partial charge in [0.25, 0.3) is 0 Å². The number of rotatable bonds is 6. The van der Waals surface area contributed by atoms with Crippen LogP contribution in [-0.4, -0.2) is 31.6 Å². The van der Waals surface area contributed by atoms with Gasteiger partial charge in [-0.3, -0.25) is 0 Å². The highest BCUT2D eigenvalue weighted by atomic mass is 16.5. The molecule has 1 N–H and O–H groups in total. The molecule has 3 nitrogen and oxygen atoms in total. The fourth-order valence-corrected chi connectivity index (χ4v) is 1.56. The molecule has 0 radical (unpaired) electrons. The van der Waals surface area contributed by atoms with Crippen molar-refractivity contribution < 1.29 is 9.53 Å². The van der Waals surface area contributed by atoms with E-state index in [1.807, 2.05) is 0 Å². The van der Waals surface area contributed by atoms with Crippen molar-refractivity contribution in [1.29, 1.82) is 0 Å². The van der Waals surface area contributed by atoms with Crippen molar-refractivity contribution in [3.05, 3.63) is 0 Å². The van der Waals surface area contributed by atoms with Crippen molar-refractivity contribution in [2.75, 3.05) is 13.1 Å². The zero-order valence-electron chi connectivity index (χ0n) is 8.29. The lowest BCUT2D eigenvalue weighted by Crippen LogP contribution is -2.25. The average Bonchev–Trinajstić information content (AvgIpc) is 2.64. The summed E-state index contributed by atoms with van der Waals surface area (Å²) in [5.74, 6) is 0. The summed E-state index contributed by atoms with van der Waals surface area (Å²) in [5, 5.41) is 3.22. The molecule has 13 heavy (non-hydrogen) atoms. The van der Waals surface area contributed by atoms with E-state index in [-0.39, 0.29) is 12.2 Å². The van der Waals surface area contributed by atoms with E-state index < -0.39 is 0 Å². The van der Waals surface area contributed by atoms with Gasteiger partial charge in [0.05, 0.1) is 6.10 Å². The number of unbranched alkanes of at least 4 members (excludes halogenated alkanes) is 1.